The highest BCUT2D eigenvalue weighted by Crippen LogP contribution is 2.40. The van der Waals surface area contributed by atoms with Crippen LogP contribution in [0.2, 0.25) is 5.02 Å². The molecule has 1 saturated heterocycles. The van der Waals surface area contributed by atoms with Crippen molar-refractivity contribution in [3.05, 3.63) is 34.4 Å². The molecule has 4 rings (SSSR count). The third-order valence-corrected chi connectivity index (χ3v) is 6.80. The highest BCUT2D eigenvalue weighted by molar-refractivity contribution is 7.89. The molecule has 0 aliphatic carbocycles. The van der Waals surface area contributed by atoms with Crippen molar-refractivity contribution in [2.24, 2.45) is 0 Å². The van der Waals surface area contributed by atoms with Crippen LogP contribution in [0, 0.1) is 0 Å². The van der Waals surface area contributed by atoms with E-state index in [9.17, 15) is 13.5 Å². The first-order valence-electron chi connectivity index (χ1n) is 8.34. The van der Waals surface area contributed by atoms with Gasteiger partial charge in [-0.15, -0.1) is 0 Å². The second-order valence-corrected chi connectivity index (χ2v) is 8.82. The van der Waals surface area contributed by atoms with Crippen LogP contribution in [0.1, 0.15) is 30.6 Å². The molecule has 2 aliphatic heterocycles. The third-order valence-electron chi connectivity index (χ3n) is 4.73. The Hall–Kier alpha value is -1.68. The van der Waals surface area contributed by atoms with E-state index in [4.69, 9.17) is 20.9 Å². The second kappa shape index (κ2) is 6.19. The fourth-order valence-electron chi connectivity index (χ4n) is 3.29. The molecule has 0 radical (unpaired) electrons. The molecule has 3 heterocycles. The summed E-state index contributed by atoms with van der Waals surface area (Å²) in [5.74, 6) is 0.853. The Morgan fingerprint density at radius 2 is 2.23 bits per heavy atom. The van der Waals surface area contributed by atoms with Crippen LogP contribution < -0.4 is 4.74 Å². The summed E-state index contributed by atoms with van der Waals surface area (Å²) in [5.41, 5.74) is -0.731. The first kappa shape index (κ1) is 17.7. The predicted molar refractivity (Wildman–Crippen MR) is 91.6 cm³/mol. The number of fused-ring (bicyclic) bond motifs is 1. The summed E-state index contributed by atoms with van der Waals surface area (Å²) in [4.78, 5) is 4.18. The first-order valence-corrected chi connectivity index (χ1v) is 10.2. The maximum Gasteiger partial charge on any atom is 0.260 e. The summed E-state index contributed by atoms with van der Waals surface area (Å²) in [5, 5.41) is 15.0. The summed E-state index contributed by atoms with van der Waals surface area (Å²) in [6.45, 7) is 2.25. The zero-order chi connectivity index (χ0) is 18.5. The number of aromatic nitrogens is 2. The summed E-state index contributed by atoms with van der Waals surface area (Å²) in [7, 11) is -3.89. The molecule has 0 spiro atoms. The molecule has 2 aliphatic rings. The van der Waals surface area contributed by atoms with E-state index in [1.165, 1.54) is 10.4 Å². The van der Waals surface area contributed by atoms with Crippen molar-refractivity contribution >= 4 is 21.6 Å². The number of hydrogen-bond acceptors (Lipinski definition) is 7. The van der Waals surface area contributed by atoms with Crippen LogP contribution in [0.25, 0.3) is 0 Å². The van der Waals surface area contributed by atoms with Gasteiger partial charge in [-0.3, -0.25) is 0 Å². The van der Waals surface area contributed by atoms with Crippen molar-refractivity contribution in [3.8, 4) is 5.75 Å². The quantitative estimate of drug-likeness (QED) is 0.830. The highest BCUT2D eigenvalue weighted by atomic mass is 35.5. The number of rotatable bonds is 4. The van der Waals surface area contributed by atoms with Gasteiger partial charge >= 0.3 is 0 Å². The van der Waals surface area contributed by atoms with Crippen LogP contribution >= 0.6 is 11.6 Å². The molecule has 0 amide bonds. The fraction of sp³-hybridized carbons (Fsp3) is 0.500. The smallest absolute Gasteiger partial charge is 0.260 e. The molecule has 0 bridgehead atoms. The van der Waals surface area contributed by atoms with Gasteiger partial charge in [-0.25, -0.2) is 8.42 Å². The zero-order valence-electron chi connectivity index (χ0n) is 14.1. The molecule has 1 fully saturated rings. The topological polar surface area (TPSA) is 106 Å². The number of β-amino-alcohol motifs (C(OH)–C–C–N with tert-alkyl or cyclic N) is 1. The van der Waals surface area contributed by atoms with Gasteiger partial charge in [0.25, 0.3) is 5.89 Å². The second-order valence-electron chi connectivity index (χ2n) is 6.48. The molecule has 0 unspecified atom stereocenters. The molecule has 0 saturated carbocycles. The SMILES string of the molecule is CCc1noc([C@@]2(O)CCN(S(=O)(=O)c3cc(Cl)cc4c3OCC4)C2)n1. The van der Waals surface area contributed by atoms with Gasteiger partial charge in [0, 0.05) is 36.4 Å². The molecule has 1 aromatic heterocycles. The largest absolute Gasteiger partial charge is 0.492 e. The summed E-state index contributed by atoms with van der Waals surface area (Å²) < 4.78 is 38.1. The van der Waals surface area contributed by atoms with Crippen molar-refractivity contribution in [1.82, 2.24) is 14.4 Å². The van der Waals surface area contributed by atoms with Gasteiger partial charge in [0.15, 0.2) is 11.4 Å². The number of sulfonamides is 1. The number of ether oxygens (including phenoxy) is 1. The Balaban J connectivity index is 1.66. The average Bonchev–Trinajstić information content (AvgIpc) is 3.33. The predicted octanol–water partition coefficient (Wildman–Crippen LogP) is 1.50. The van der Waals surface area contributed by atoms with Gasteiger partial charge in [-0.2, -0.15) is 9.29 Å². The molecular weight excluding hydrogens is 382 g/mol. The Labute approximate surface area is 155 Å². The summed E-state index contributed by atoms with van der Waals surface area (Å²) in [6.07, 6.45) is 1.35. The van der Waals surface area contributed by atoms with E-state index < -0.39 is 15.6 Å². The monoisotopic (exact) mass is 399 g/mol. The minimum absolute atomic E-state index is 0.0292. The Kier molecular flexibility index (Phi) is 4.22. The normalized spacial score (nSPS) is 23.2. The van der Waals surface area contributed by atoms with E-state index in [0.29, 0.717) is 36.0 Å². The van der Waals surface area contributed by atoms with Crippen LogP contribution in [-0.2, 0) is 28.5 Å². The summed E-state index contributed by atoms with van der Waals surface area (Å²) in [6, 6.07) is 3.11. The van der Waals surface area contributed by atoms with E-state index in [-0.39, 0.29) is 30.3 Å². The number of nitrogens with zero attached hydrogens (tertiary/aromatic N) is 3. The van der Waals surface area contributed by atoms with Crippen molar-refractivity contribution in [2.45, 2.75) is 36.7 Å². The lowest BCUT2D eigenvalue weighted by Gasteiger charge is -2.20. The van der Waals surface area contributed by atoms with Gasteiger partial charge in [0.2, 0.25) is 10.0 Å². The van der Waals surface area contributed by atoms with Gasteiger partial charge in [-0.1, -0.05) is 23.7 Å². The molecule has 1 aromatic carbocycles. The van der Waals surface area contributed by atoms with E-state index in [0.717, 1.165) is 5.56 Å². The lowest BCUT2D eigenvalue weighted by Crippen LogP contribution is -2.34. The zero-order valence-corrected chi connectivity index (χ0v) is 15.7. The highest BCUT2D eigenvalue weighted by Gasteiger charge is 2.47. The van der Waals surface area contributed by atoms with Crippen LogP contribution in [0.5, 0.6) is 5.75 Å². The molecule has 8 nitrogen and oxygen atoms in total. The molecule has 26 heavy (non-hydrogen) atoms. The number of aryl methyl sites for hydroxylation is 1. The van der Waals surface area contributed by atoms with Gasteiger partial charge in [0.05, 0.1) is 13.2 Å². The van der Waals surface area contributed by atoms with E-state index >= 15 is 0 Å². The molecule has 140 valence electrons. The third kappa shape index (κ3) is 2.79. The molecular formula is C16H18ClN3O5S. The molecule has 1 N–H and O–H groups in total. The van der Waals surface area contributed by atoms with Crippen LogP contribution in [0.4, 0.5) is 0 Å². The number of halogens is 1. The minimum Gasteiger partial charge on any atom is -0.492 e. The minimum atomic E-state index is -3.89. The molecule has 10 heteroatoms. The van der Waals surface area contributed by atoms with E-state index in [2.05, 4.69) is 10.1 Å². The van der Waals surface area contributed by atoms with Crippen LogP contribution in [-0.4, -0.2) is 47.7 Å². The maximum absolute atomic E-state index is 13.1. The van der Waals surface area contributed by atoms with Crippen LogP contribution in [0.3, 0.4) is 0 Å². The lowest BCUT2D eigenvalue weighted by atomic mass is 10.0. The van der Waals surface area contributed by atoms with Gasteiger partial charge in [0.1, 0.15) is 10.6 Å². The van der Waals surface area contributed by atoms with E-state index in [1.807, 2.05) is 6.92 Å². The van der Waals surface area contributed by atoms with Crippen molar-refractivity contribution < 1.29 is 22.8 Å². The molecule has 1 atom stereocenters. The van der Waals surface area contributed by atoms with Gasteiger partial charge < -0.3 is 14.4 Å². The lowest BCUT2D eigenvalue weighted by molar-refractivity contribution is 0.0194. The number of hydrogen-bond donors (Lipinski definition) is 1. The first-order chi connectivity index (χ1) is 12.3. The average molecular weight is 400 g/mol. The van der Waals surface area contributed by atoms with Gasteiger partial charge in [-0.05, 0) is 12.1 Å². The molecule has 2 aromatic rings. The Bertz CT molecular complexity index is 961. The van der Waals surface area contributed by atoms with Crippen LogP contribution in [0.15, 0.2) is 21.6 Å². The Morgan fingerprint density at radius 1 is 1.42 bits per heavy atom. The van der Waals surface area contributed by atoms with Crippen molar-refractivity contribution in [3.63, 3.8) is 0 Å². The van der Waals surface area contributed by atoms with Crippen molar-refractivity contribution in [2.75, 3.05) is 19.7 Å². The van der Waals surface area contributed by atoms with E-state index in [1.54, 1.807) is 6.07 Å². The number of benzene rings is 1. The Morgan fingerprint density at radius 3 is 2.96 bits per heavy atom. The summed E-state index contributed by atoms with van der Waals surface area (Å²) >= 11 is 6.09. The fourth-order valence-corrected chi connectivity index (χ4v) is 5.29. The maximum atomic E-state index is 13.1. The number of aliphatic hydroxyl groups is 1. The van der Waals surface area contributed by atoms with Crippen molar-refractivity contribution in [1.29, 1.82) is 0 Å². The standard InChI is InChI=1S/C16H18ClN3O5S/c1-2-13-18-15(25-19-13)16(21)4-5-20(9-16)26(22,23)12-8-11(17)7-10-3-6-24-14(10)12/h7-8,21H,2-6,9H2,1H3/t16-/m1/s1.